The van der Waals surface area contributed by atoms with Gasteiger partial charge in [-0.3, -0.25) is 14.3 Å². The minimum atomic E-state index is -0.872. The Morgan fingerprint density at radius 2 is 1.80 bits per heavy atom. The minimum Gasteiger partial charge on any atom is -0.389 e. The standard InChI is InChI=1S/C18H28N4O3/c23-16(11-18(25)7-3-1-4-8-18)20-15-12-19-22(13-15)14-17(24)21-9-5-2-6-10-21/h12-13,25H,1-11,14H2,(H,20,23). The molecule has 0 atom stereocenters. The highest BCUT2D eigenvalue weighted by Crippen LogP contribution is 2.31. The normalized spacial score (nSPS) is 20.3. The summed E-state index contributed by atoms with van der Waals surface area (Å²) in [4.78, 5) is 26.3. The number of anilines is 1. The van der Waals surface area contributed by atoms with Crippen LogP contribution in [0.2, 0.25) is 0 Å². The second kappa shape index (κ2) is 7.99. The fourth-order valence-electron chi connectivity index (χ4n) is 3.79. The summed E-state index contributed by atoms with van der Waals surface area (Å²) in [5, 5.41) is 17.4. The van der Waals surface area contributed by atoms with Crippen LogP contribution < -0.4 is 5.32 Å². The van der Waals surface area contributed by atoms with Crippen molar-refractivity contribution in [3.8, 4) is 0 Å². The molecular formula is C18H28N4O3. The highest BCUT2D eigenvalue weighted by atomic mass is 16.3. The molecule has 0 spiro atoms. The molecule has 1 aliphatic carbocycles. The summed E-state index contributed by atoms with van der Waals surface area (Å²) in [6, 6.07) is 0. The lowest BCUT2D eigenvalue weighted by molar-refractivity contribution is -0.133. The van der Waals surface area contributed by atoms with Crippen molar-refractivity contribution in [3.63, 3.8) is 0 Å². The van der Waals surface area contributed by atoms with Gasteiger partial charge in [0, 0.05) is 19.3 Å². The van der Waals surface area contributed by atoms with E-state index in [9.17, 15) is 14.7 Å². The summed E-state index contributed by atoms with van der Waals surface area (Å²) in [7, 11) is 0. The molecule has 25 heavy (non-hydrogen) atoms. The van der Waals surface area contributed by atoms with Gasteiger partial charge in [0.1, 0.15) is 6.54 Å². The molecular weight excluding hydrogens is 320 g/mol. The molecule has 1 saturated carbocycles. The highest BCUT2D eigenvalue weighted by molar-refractivity contribution is 5.91. The van der Waals surface area contributed by atoms with E-state index in [4.69, 9.17) is 0 Å². The molecule has 7 nitrogen and oxygen atoms in total. The third-order valence-corrected chi connectivity index (χ3v) is 5.20. The molecule has 2 aliphatic rings. The second-order valence-corrected chi connectivity index (χ2v) is 7.38. The zero-order chi connectivity index (χ0) is 17.7. The van der Waals surface area contributed by atoms with Crippen molar-refractivity contribution in [3.05, 3.63) is 12.4 Å². The van der Waals surface area contributed by atoms with Gasteiger partial charge in [0.25, 0.3) is 0 Å². The molecule has 0 bridgehead atoms. The van der Waals surface area contributed by atoms with Crippen molar-refractivity contribution < 1.29 is 14.7 Å². The second-order valence-electron chi connectivity index (χ2n) is 7.38. The third-order valence-electron chi connectivity index (χ3n) is 5.20. The number of carbonyl (C=O) groups excluding carboxylic acids is 2. The SMILES string of the molecule is O=C(CC1(O)CCCCC1)Nc1cnn(CC(=O)N2CCCCC2)c1. The Kier molecular flexibility index (Phi) is 5.73. The summed E-state index contributed by atoms with van der Waals surface area (Å²) in [5.74, 6) is -0.136. The van der Waals surface area contributed by atoms with E-state index in [-0.39, 0.29) is 24.8 Å². The van der Waals surface area contributed by atoms with Crippen LogP contribution in [0.5, 0.6) is 0 Å². The molecule has 3 rings (SSSR count). The highest BCUT2D eigenvalue weighted by Gasteiger charge is 2.31. The largest absolute Gasteiger partial charge is 0.389 e. The van der Waals surface area contributed by atoms with Crippen molar-refractivity contribution in [1.29, 1.82) is 0 Å². The monoisotopic (exact) mass is 348 g/mol. The maximum atomic E-state index is 12.2. The van der Waals surface area contributed by atoms with Gasteiger partial charge in [-0.15, -0.1) is 0 Å². The molecule has 7 heteroatoms. The van der Waals surface area contributed by atoms with E-state index in [1.807, 2.05) is 4.90 Å². The molecule has 2 heterocycles. The van der Waals surface area contributed by atoms with Crippen LogP contribution in [0.4, 0.5) is 5.69 Å². The number of hydrogen-bond donors (Lipinski definition) is 2. The quantitative estimate of drug-likeness (QED) is 0.851. The van der Waals surface area contributed by atoms with Crippen LogP contribution in [-0.4, -0.2) is 50.3 Å². The van der Waals surface area contributed by atoms with Crippen LogP contribution in [0.25, 0.3) is 0 Å². The number of likely N-dealkylation sites (tertiary alicyclic amines) is 1. The van der Waals surface area contributed by atoms with E-state index in [2.05, 4.69) is 10.4 Å². The molecule has 0 radical (unpaired) electrons. The van der Waals surface area contributed by atoms with Crippen molar-refractivity contribution >= 4 is 17.5 Å². The third kappa shape index (κ3) is 5.04. The first-order valence-corrected chi connectivity index (χ1v) is 9.37. The zero-order valence-corrected chi connectivity index (χ0v) is 14.7. The molecule has 138 valence electrons. The van der Waals surface area contributed by atoms with Crippen molar-refractivity contribution in [2.24, 2.45) is 0 Å². The number of nitrogens with one attached hydrogen (secondary N) is 1. The number of nitrogens with zero attached hydrogens (tertiary/aromatic N) is 3. The maximum Gasteiger partial charge on any atom is 0.244 e. The molecule has 1 aliphatic heterocycles. The van der Waals surface area contributed by atoms with Crippen molar-refractivity contribution in [1.82, 2.24) is 14.7 Å². The van der Waals surface area contributed by atoms with E-state index in [0.29, 0.717) is 18.5 Å². The van der Waals surface area contributed by atoms with Crippen LogP contribution in [0.15, 0.2) is 12.4 Å². The van der Waals surface area contributed by atoms with Crippen LogP contribution in [0, 0.1) is 0 Å². The van der Waals surface area contributed by atoms with E-state index >= 15 is 0 Å². The van der Waals surface area contributed by atoms with Crippen LogP contribution >= 0.6 is 0 Å². The van der Waals surface area contributed by atoms with Gasteiger partial charge >= 0.3 is 0 Å². The molecule has 1 aromatic rings. The van der Waals surface area contributed by atoms with E-state index < -0.39 is 5.60 Å². The zero-order valence-electron chi connectivity index (χ0n) is 14.7. The average molecular weight is 348 g/mol. The molecule has 1 aromatic heterocycles. The fraction of sp³-hybridized carbons (Fsp3) is 0.722. The van der Waals surface area contributed by atoms with Crippen molar-refractivity contribution in [2.75, 3.05) is 18.4 Å². The Morgan fingerprint density at radius 1 is 1.12 bits per heavy atom. The molecule has 2 fully saturated rings. The predicted octanol–water partition coefficient (Wildman–Crippen LogP) is 1.92. The number of piperidine rings is 1. The minimum absolute atomic E-state index is 0.0668. The Hall–Kier alpha value is -1.89. The predicted molar refractivity (Wildman–Crippen MR) is 93.9 cm³/mol. The summed E-state index contributed by atoms with van der Waals surface area (Å²) in [6.45, 7) is 1.84. The first kappa shape index (κ1) is 17.9. The number of aliphatic hydroxyl groups is 1. The van der Waals surface area contributed by atoms with Crippen molar-refractivity contribution in [2.45, 2.75) is 69.9 Å². The molecule has 2 N–H and O–H groups in total. The van der Waals surface area contributed by atoms with Gasteiger partial charge in [-0.05, 0) is 32.1 Å². The van der Waals surface area contributed by atoms with E-state index in [1.165, 1.54) is 6.42 Å². The Balaban J connectivity index is 1.49. The van der Waals surface area contributed by atoms with Crippen LogP contribution in [-0.2, 0) is 16.1 Å². The molecule has 0 aromatic carbocycles. The number of aromatic nitrogens is 2. The molecule has 1 saturated heterocycles. The van der Waals surface area contributed by atoms with Crippen LogP contribution in [0.1, 0.15) is 57.8 Å². The van der Waals surface area contributed by atoms with Gasteiger partial charge < -0.3 is 15.3 Å². The fourth-order valence-corrected chi connectivity index (χ4v) is 3.79. The Bertz CT molecular complexity index is 601. The molecule has 2 amide bonds. The smallest absolute Gasteiger partial charge is 0.244 e. The van der Waals surface area contributed by atoms with Gasteiger partial charge in [-0.1, -0.05) is 19.3 Å². The lowest BCUT2D eigenvalue weighted by Gasteiger charge is -2.31. The number of hydrogen-bond acceptors (Lipinski definition) is 4. The van der Waals surface area contributed by atoms with Gasteiger partial charge in [0.2, 0.25) is 11.8 Å². The first-order valence-electron chi connectivity index (χ1n) is 9.37. The Morgan fingerprint density at radius 3 is 2.52 bits per heavy atom. The summed E-state index contributed by atoms with van der Waals surface area (Å²) >= 11 is 0. The van der Waals surface area contributed by atoms with Gasteiger partial charge in [-0.25, -0.2) is 0 Å². The Labute approximate surface area is 148 Å². The number of rotatable bonds is 5. The topological polar surface area (TPSA) is 87.5 Å². The number of amides is 2. The van der Waals surface area contributed by atoms with E-state index in [1.54, 1.807) is 17.1 Å². The lowest BCUT2D eigenvalue weighted by Crippen LogP contribution is -2.37. The van der Waals surface area contributed by atoms with Gasteiger partial charge in [0.05, 0.1) is 23.9 Å². The average Bonchev–Trinajstić information content (AvgIpc) is 3.02. The van der Waals surface area contributed by atoms with Gasteiger partial charge in [-0.2, -0.15) is 5.10 Å². The number of carbonyl (C=O) groups is 2. The lowest BCUT2D eigenvalue weighted by atomic mass is 9.82. The first-order chi connectivity index (χ1) is 12.0. The van der Waals surface area contributed by atoms with Crippen LogP contribution in [0.3, 0.4) is 0 Å². The summed E-state index contributed by atoms with van der Waals surface area (Å²) < 4.78 is 1.56. The van der Waals surface area contributed by atoms with Gasteiger partial charge in [0.15, 0.2) is 0 Å². The summed E-state index contributed by atoms with van der Waals surface area (Å²) in [6.07, 6.45) is 11.1. The van der Waals surface area contributed by atoms with E-state index in [0.717, 1.165) is 45.2 Å². The summed E-state index contributed by atoms with van der Waals surface area (Å²) in [5.41, 5.74) is -0.307. The molecule has 0 unspecified atom stereocenters. The maximum absolute atomic E-state index is 12.2.